The fourth-order valence-electron chi connectivity index (χ4n) is 3.32. The summed E-state index contributed by atoms with van der Waals surface area (Å²) in [4.78, 5) is 26.3. The van der Waals surface area contributed by atoms with Crippen LogP contribution < -0.4 is 20.3 Å². The molecule has 0 aliphatic heterocycles. The van der Waals surface area contributed by atoms with Crippen LogP contribution in [0.2, 0.25) is 0 Å². The minimum Gasteiger partial charge on any atom is -0.494 e. The van der Waals surface area contributed by atoms with Gasteiger partial charge in [0.25, 0.3) is 11.5 Å². The number of benzene rings is 3. The summed E-state index contributed by atoms with van der Waals surface area (Å²) < 4.78 is 12.0. The van der Waals surface area contributed by atoms with Gasteiger partial charge >= 0.3 is 0 Å². The summed E-state index contributed by atoms with van der Waals surface area (Å²) in [5.41, 5.74) is 0.845. The predicted octanol–water partition coefficient (Wildman–Crippen LogP) is 4.05. The number of nitrogens with one attached hydrogen (secondary N) is 1. The van der Waals surface area contributed by atoms with Crippen molar-refractivity contribution in [2.24, 2.45) is 0 Å². The summed E-state index contributed by atoms with van der Waals surface area (Å²) in [5.74, 6) is 0.767. The van der Waals surface area contributed by atoms with Gasteiger partial charge in [0.2, 0.25) is 0 Å². The zero-order valence-electron chi connectivity index (χ0n) is 17.2. The lowest BCUT2D eigenvalue weighted by Gasteiger charge is -2.13. The Morgan fingerprint density at radius 3 is 2.35 bits per heavy atom. The number of carbonyl (C=O) groups is 1. The zero-order chi connectivity index (χ0) is 21.8. The van der Waals surface area contributed by atoms with Crippen molar-refractivity contribution in [1.82, 2.24) is 9.78 Å². The van der Waals surface area contributed by atoms with Gasteiger partial charge in [0.05, 0.1) is 19.1 Å². The van der Waals surface area contributed by atoms with Crippen LogP contribution in [0, 0.1) is 0 Å². The SMILES string of the molecule is CCOc1ccc(NC(=O)c2nn(-c3ccccc3OC)c(=O)c3ccccc23)cc1. The Bertz CT molecular complexity index is 1300. The van der Waals surface area contributed by atoms with E-state index in [1.807, 2.05) is 6.92 Å². The fraction of sp³-hybridized carbons (Fsp3) is 0.125. The van der Waals surface area contributed by atoms with Crippen molar-refractivity contribution in [2.75, 3.05) is 19.0 Å². The lowest BCUT2D eigenvalue weighted by atomic mass is 10.1. The Labute approximate surface area is 178 Å². The molecule has 1 heterocycles. The van der Waals surface area contributed by atoms with E-state index in [0.29, 0.717) is 40.3 Å². The van der Waals surface area contributed by atoms with Crippen molar-refractivity contribution in [3.05, 3.63) is 88.8 Å². The van der Waals surface area contributed by atoms with Crippen molar-refractivity contribution in [1.29, 1.82) is 0 Å². The molecule has 0 aliphatic rings. The lowest BCUT2D eigenvalue weighted by molar-refractivity contribution is 0.102. The van der Waals surface area contributed by atoms with Crippen LogP contribution in [0.15, 0.2) is 77.6 Å². The molecule has 0 atom stereocenters. The predicted molar refractivity (Wildman–Crippen MR) is 119 cm³/mol. The molecule has 4 rings (SSSR count). The largest absolute Gasteiger partial charge is 0.494 e. The molecule has 156 valence electrons. The van der Waals surface area contributed by atoms with E-state index in [-0.39, 0.29) is 11.3 Å². The first-order valence-corrected chi connectivity index (χ1v) is 9.82. The second kappa shape index (κ2) is 8.71. The van der Waals surface area contributed by atoms with E-state index in [4.69, 9.17) is 9.47 Å². The molecule has 1 aromatic heterocycles. The minimum atomic E-state index is -0.427. The van der Waals surface area contributed by atoms with E-state index >= 15 is 0 Å². The molecule has 0 saturated carbocycles. The van der Waals surface area contributed by atoms with Crippen LogP contribution in [-0.4, -0.2) is 29.4 Å². The molecule has 3 aromatic carbocycles. The number of methoxy groups -OCH3 is 1. The quantitative estimate of drug-likeness (QED) is 0.514. The third-order valence-corrected chi connectivity index (χ3v) is 4.76. The van der Waals surface area contributed by atoms with Crippen LogP contribution in [0.1, 0.15) is 17.4 Å². The normalized spacial score (nSPS) is 10.6. The van der Waals surface area contributed by atoms with Gasteiger partial charge in [-0.25, -0.2) is 0 Å². The number of para-hydroxylation sites is 2. The van der Waals surface area contributed by atoms with Crippen molar-refractivity contribution in [2.45, 2.75) is 6.92 Å². The van der Waals surface area contributed by atoms with E-state index in [1.165, 1.54) is 11.8 Å². The Morgan fingerprint density at radius 1 is 0.968 bits per heavy atom. The molecular weight excluding hydrogens is 394 g/mol. The molecule has 7 nitrogen and oxygen atoms in total. The number of ether oxygens (including phenoxy) is 2. The number of amides is 1. The molecular formula is C24H21N3O4. The van der Waals surface area contributed by atoms with Gasteiger partial charge in [-0.1, -0.05) is 30.3 Å². The van der Waals surface area contributed by atoms with Crippen LogP contribution in [0.3, 0.4) is 0 Å². The van der Waals surface area contributed by atoms with Crippen LogP contribution in [0.5, 0.6) is 11.5 Å². The second-order valence-corrected chi connectivity index (χ2v) is 6.69. The average Bonchev–Trinajstić information content (AvgIpc) is 2.81. The second-order valence-electron chi connectivity index (χ2n) is 6.69. The summed E-state index contributed by atoms with van der Waals surface area (Å²) in [6.07, 6.45) is 0. The number of aromatic nitrogens is 2. The number of hydrogen-bond donors (Lipinski definition) is 1. The van der Waals surface area contributed by atoms with Crippen molar-refractivity contribution in [3.63, 3.8) is 0 Å². The topological polar surface area (TPSA) is 82.4 Å². The number of hydrogen-bond acceptors (Lipinski definition) is 5. The molecule has 0 fully saturated rings. The van der Waals surface area contributed by atoms with E-state index in [2.05, 4.69) is 10.4 Å². The molecule has 0 saturated heterocycles. The highest BCUT2D eigenvalue weighted by Crippen LogP contribution is 2.23. The number of rotatable bonds is 6. The summed E-state index contributed by atoms with van der Waals surface area (Å²) in [6.45, 7) is 2.47. The van der Waals surface area contributed by atoms with Crippen LogP contribution in [0.4, 0.5) is 5.69 Å². The zero-order valence-corrected chi connectivity index (χ0v) is 17.2. The van der Waals surface area contributed by atoms with Crippen LogP contribution in [-0.2, 0) is 0 Å². The molecule has 0 radical (unpaired) electrons. The fourth-order valence-corrected chi connectivity index (χ4v) is 3.32. The number of anilines is 1. The van der Waals surface area contributed by atoms with Gasteiger partial charge in [-0.2, -0.15) is 9.78 Å². The molecule has 0 spiro atoms. The minimum absolute atomic E-state index is 0.134. The van der Waals surface area contributed by atoms with Gasteiger partial charge in [-0.15, -0.1) is 0 Å². The molecule has 0 unspecified atom stereocenters. The maximum absolute atomic E-state index is 13.1. The summed E-state index contributed by atoms with van der Waals surface area (Å²) >= 11 is 0. The maximum Gasteiger partial charge on any atom is 0.279 e. The van der Waals surface area contributed by atoms with E-state index in [1.54, 1.807) is 72.8 Å². The third-order valence-electron chi connectivity index (χ3n) is 4.76. The first-order chi connectivity index (χ1) is 15.1. The molecule has 0 bridgehead atoms. The summed E-state index contributed by atoms with van der Waals surface area (Å²) in [5, 5.41) is 8.12. The van der Waals surface area contributed by atoms with Gasteiger partial charge in [0, 0.05) is 11.1 Å². The Balaban J connectivity index is 1.81. The Hall–Kier alpha value is -4.13. The van der Waals surface area contributed by atoms with Crippen LogP contribution in [0.25, 0.3) is 16.5 Å². The first-order valence-electron chi connectivity index (χ1n) is 9.82. The molecule has 1 N–H and O–H groups in total. The number of nitrogens with zero attached hydrogens (tertiary/aromatic N) is 2. The molecule has 4 aromatic rings. The van der Waals surface area contributed by atoms with Gasteiger partial charge in [-0.3, -0.25) is 9.59 Å². The Morgan fingerprint density at radius 2 is 1.65 bits per heavy atom. The monoisotopic (exact) mass is 415 g/mol. The van der Waals surface area contributed by atoms with Crippen molar-refractivity contribution < 1.29 is 14.3 Å². The van der Waals surface area contributed by atoms with E-state index in [9.17, 15) is 9.59 Å². The van der Waals surface area contributed by atoms with Crippen LogP contribution >= 0.6 is 0 Å². The Kier molecular flexibility index (Phi) is 5.66. The van der Waals surface area contributed by atoms with Gasteiger partial charge in [-0.05, 0) is 49.4 Å². The molecule has 7 heteroatoms. The van der Waals surface area contributed by atoms with Gasteiger partial charge < -0.3 is 14.8 Å². The smallest absolute Gasteiger partial charge is 0.279 e. The van der Waals surface area contributed by atoms with Crippen molar-refractivity contribution in [3.8, 4) is 17.2 Å². The standard InChI is InChI=1S/C24H21N3O4/c1-3-31-17-14-12-16(13-15-17)25-23(28)22-18-8-4-5-9-19(18)24(29)27(26-22)20-10-6-7-11-21(20)30-2/h4-15H,3H2,1-2H3,(H,25,28). The lowest BCUT2D eigenvalue weighted by Crippen LogP contribution is -2.26. The number of carbonyl (C=O) groups excluding carboxylic acids is 1. The highest BCUT2D eigenvalue weighted by atomic mass is 16.5. The van der Waals surface area contributed by atoms with E-state index < -0.39 is 5.91 Å². The van der Waals surface area contributed by atoms with Gasteiger partial charge in [0.15, 0.2) is 5.69 Å². The van der Waals surface area contributed by atoms with E-state index in [0.717, 1.165) is 0 Å². The third kappa shape index (κ3) is 3.98. The van der Waals surface area contributed by atoms with Crippen molar-refractivity contribution >= 4 is 22.4 Å². The molecule has 1 amide bonds. The molecule has 31 heavy (non-hydrogen) atoms. The summed E-state index contributed by atoms with van der Waals surface area (Å²) in [7, 11) is 1.52. The first kappa shape index (κ1) is 20.2. The number of fused-ring (bicyclic) bond motifs is 1. The highest BCUT2D eigenvalue weighted by Gasteiger charge is 2.19. The highest BCUT2D eigenvalue weighted by molar-refractivity contribution is 6.11. The summed E-state index contributed by atoms with van der Waals surface area (Å²) in [6, 6.07) is 21.0. The maximum atomic E-state index is 13.1. The van der Waals surface area contributed by atoms with Gasteiger partial charge in [0.1, 0.15) is 17.2 Å². The average molecular weight is 415 g/mol. The molecule has 0 aliphatic carbocycles.